The van der Waals surface area contributed by atoms with Gasteiger partial charge in [-0.1, -0.05) is 30.3 Å². The zero-order valence-corrected chi connectivity index (χ0v) is 10.6. The van der Waals surface area contributed by atoms with E-state index in [1.54, 1.807) is 4.90 Å². The summed E-state index contributed by atoms with van der Waals surface area (Å²) >= 11 is 0. The summed E-state index contributed by atoms with van der Waals surface area (Å²) in [5, 5.41) is 2.71. The van der Waals surface area contributed by atoms with E-state index in [-0.39, 0.29) is 12.5 Å². The summed E-state index contributed by atoms with van der Waals surface area (Å²) in [6, 6.07) is 9.53. The maximum atomic E-state index is 12.1. The van der Waals surface area contributed by atoms with Crippen molar-refractivity contribution >= 4 is 12.0 Å². The summed E-state index contributed by atoms with van der Waals surface area (Å²) in [4.78, 5) is 25.4. The number of carbonyl (C=O) groups excluding carboxylic acids is 2. The van der Waals surface area contributed by atoms with Gasteiger partial charge in [-0.15, -0.1) is 0 Å². The third-order valence-corrected chi connectivity index (χ3v) is 3.88. The van der Waals surface area contributed by atoms with Gasteiger partial charge in [-0.3, -0.25) is 9.69 Å². The van der Waals surface area contributed by atoms with Gasteiger partial charge < -0.3 is 10.1 Å². The van der Waals surface area contributed by atoms with Gasteiger partial charge in [0.05, 0.1) is 6.54 Å². The minimum absolute atomic E-state index is 0.0540. The molecule has 1 aromatic carbocycles. The van der Waals surface area contributed by atoms with Crippen molar-refractivity contribution in [1.29, 1.82) is 0 Å². The minimum Gasteiger partial charge on any atom is -0.445 e. The Balaban J connectivity index is 1.63. The molecule has 2 amide bonds. The second-order valence-electron chi connectivity index (χ2n) is 5.01. The molecule has 1 atom stereocenters. The zero-order valence-electron chi connectivity index (χ0n) is 10.6. The average Bonchev–Trinajstić information content (AvgIpc) is 2.91. The van der Waals surface area contributed by atoms with Crippen molar-refractivity contribution in [1.82, 2.24) is 10.2 Å². The van der Waals surface area contributed by atoms with Gasteiger partial charge in [-0.2, -0.15) is 0 Å². The van der Waals surface area contributed by atoms with E-state index in [9.17, 15) is 9.59 Å². The molecular weight excluding hydrogens is 244 g/mol. The second kappa shape index (κ2) is 4.57. The van der Waals surface area contributed by atoms with E-state index in [1.165, 1.54) is 0 Å². The van der Waals surface area contributed by atoms with E-state index in [4.69, 9.17) is 4.74 Å². The largest absolute Gasteiger partial charge is 0.445 e. The molecular formula is C14H16N2O3. The van der Waals surface area contributed by atoms with Crippen LogP contribution in [0.4, 0.5) is 4.79 Å². The van der Waals surface area contributed by atoms with Crippen LogP contribution >= 0.6 is 0 Å². The van der Waals surface area contributed by atoms with Crippen molar-refractivity contribution in [2.75, 3.05) is 13.1 Å². The summed E-state index contributed by atoms with van der Waals surface area (Å²) in [6.45, 7) is 1.39. The SMILES string of the molecule is O=C(OCc1ccccc1)N1CCC[C@]12CNC2=O. The van der Waals surface area contributed by atoms with Gasteiger partial charge in [0.1, 0.15) is 12.1 Å². The van der Waals surface area contributed by atoms with Crippen LogP contribution in [0.3, 0.4) is 0 Å². The molecule has 0 bridgehead atoms. The number of ether oxygens (including phenoxy) is 1. The Bertz CT molecular complexity index is 503. The molecule has 2 fully saturated rings. The first kappa shape index (κ1) is 12.0. The Labute approximate surface area is 111 Å². The number of carbonyl (C=O) groups is 2. The van der Waals surface area contributed by atoms with Crippen molar-refractivity contribution in [3.63, 3.8) is 0 Å². The van der Waals surface area contributed by atoms with E-state index in [0.29, 0.717) is 13.1 Å². The van der Waals surface area contributed by atoms with Crippen molar-refractivity contribution in [2.24, 2.45) is 0 Å². The number of nitrogens with one attached hydrogen (secondary N) is 1. The van der Waals surface area contributed by atoms with Crippen LogP contribution in [-0.4, -0.2) is 35.5 Å². The van der Waals surface area contributed by atoms with Crippen LogP contribution in [0.15, 0.2) is 30.3 Å². The number of benzene rings is 1. The smallest absolute Gasteiger partial charge is 0.411 e. The number of amides is 2. The summed E-state index contributed by atoms with van der Waals surface area (Å²) in [5.41, 5.74) is 0.315. The highest BCUT2D eigenvalue weighted by Crippen LogP contribution is 2.34. The average molecular weight is 260 g/mol. The van der Waals surface area contributed by atoms with Crippen molar-refractivity contribution in [3.8, 4) is 0 Å². The number of hydrogen-bond acceptors (Lipinski definition) is 3. The lowest BCUT2D eigenvalue weighted by molar-refractivity contribution is -0.140. The molecule has 2 aliphatic rings. The standard InChI is InChI=1S/C14H16N2O3/c17-12-14(10-15-12)7-4-8-16(14)13(18)19-9-11-5-2-1-3-6-11/h1-3,5-6H,4,7-10H2,(H,15,17)/t14-/m1/s1. The van der Waals surface area contributed by atoms with E-state index in [0.717, 1.165) is 18.4 Å². The Hall–Kier alpha value is -2.04. The molecule has 5 heteroatoms. The number of β-lactam (4-membered cyclic amide) rings is 1. The van der Waals surface area contributed by atoms with Crippen molar-refractivity contribution < 1.29 is 14.3 Å². The molecule has 0 unspecified atom stereocenters. The van der Waals surface area contributed by atoms with Crippen molar-refractivity contribution in [3.05, 3.63) is 35.9 Å². The first-order chi connectivity index (χ1) is 9.22. The van der Waals surface area contributed by atoms with Crippen LogP contribution < -0.4 is 5.32 Å². The fourth-order valence-electron chi connectivity index (χ4n) is 2.73. The van der Waals surface area contributed by atoms with E-state index in [2.05, 4.69) is 5.32 Å². The maximum Gasteiger partial charge on any atom is 0.411 e. The normalized spacial score (nSPS) is 25.1. The topological polar surface area (TPSA) is 58.6 Å². The van der Waals surface area contributed by atoms with Crippen LogP contribution in [0.5, 0.6) is 0 Å². The number of rotatable bonds is 2. The van der Waals surface area contributed by atoms with E-state index < -0.39 is 11.6 Å². The molecule has 2 saturated heterocycles. The molecule has 100 valence electrons. The highest BCUT2D eigenvalue weighted by molar-refractivity contribution is 5.96. The van der Waals surface area contributed by atoms with Gasteiger partial charge in [0.2, 0.25) is 5.91 Å². The predicted octanol–water partition coefficient (Wildman–Crippen LogP) is 1.29. The lowest BCUT2D eigenvalue weighted by atomic mass is 9.88. The fourth-order valence-corrected chi connectivity index (χ4v) is 2.73. The first-order valence-electron chi connectivity index (χ1n) is 6.49. The van der Waals surface area contributed by atoms with Crippen LogP contribution in [0, 0.1) is 0 Å². The number of nitrogens with zero attached hydrogens (tertiary/aromatic N) is 1. The number of likely N-dealkylation sites (tertiary alicyclic amines) is 1. The van der Waals surface area contributed by atoms with E-state index in [1.807, 2.05) is 30.3 Å². The van der Waals surface area contributed by atoms with Crippen LogP contribution in [0.25, 0.3) is 0 Å². The molecule has 0 saturated carbocycles. The lowest BCUT2D eigenvalue weighted by Crippen LogP contribution is -2.71. The molecule has 2 aliphatic heterocycles. The Kier molecular flexibility index (Phi) is 2.89. The van der Waals surface area contributed by atoms with Gasteiger partial charge in [-0.25, -0.2) is 4.79 Å². The zero-order chi connectivity index (χ0) is 13.3. The van der Waals surface area contributed by atoms with E-state index >= 15 is 0 Å². The molecule has 1 spiro atoms. The van der Waals surface area contributed by atoms with Crippen LogP contribution in [0.2, 0.25) is 0 Å². The lowest BCUT2D eigenvalue weighted by Gasteiger charge is -2.43. The molecule has 5 nitrogen and oxygen atoms in total. The second-order valence-corrected chi connectivity index (χ2v) is 5.01. The summed E-state index contributed by atoms with van der Waals surface area (Å²) in [7, 11) is 0. The van der Waals surface area contributed by atoms with Crippen molar-refractivity contribution in [2.45, 2.75) is 25.0 Å². The monoisotopic (exact) mass is 260 g/mol. The quantitative estimate of drug-likeness (QED) is 0.815. The molecule has 0 radical (unpaired) electrons. The summed E-state index contributed by atoms with van der Waals surface area (Å²) < 4.78 is 5.30. The molecule has 2 heterocycles. The van der Waals surface area contributed by atoms with Gasteiger partial charge in [0, 0.05) is 6.54 Å². The molecule has 0 aromatic heterocycles. The van der Waals surface area contributed by atoms with Gasteiger partial charge in [0.25, 0.3) is 0 Å². The molecule has 1 aromatic rings. The van der Waals surface area contributed by atoms with Crippen LogP contribution in [-0.2, 0) is 16.1 Å². The third kappa shape index (κ3) is 1.95. The minimum atomic E-state index is -0.631. The van der Waals surface area contributed by atoms with Crippen LogP contribution in [0.1, 0.15) is 18.4 Å². The number of hydrogen-bond donors (Lipinski definition) is 1. The molecule has 0 aliphatic carbocycles. The van der Waals surface area contributed by atoms with Gasteiger partial charge in [-0.05, 0) is 18.4 Å². The first-order valence-corrected chi connectivity index (χ1v) is 6.49. The fraction of sp³-hybridized carbons (Fsp3) is 0.429. The Morgan fingerprint density at radius 2 is 2.16 bits per heavy atom. The third-order valence-electron chi connectivity index (χ3n) is 3.88. The summed E-state index contributed by atoms with van der Waals surface area (Å²) in [5.74, 6) is -0.0540. The van der Waals surface area contributed by atoms with Gasteiger partial charge in [0.15, 0.2) is 0 Å². The summed E-state index contributed by atoms with van der Waals surface area (Å²) in [6.07, 6.45) is 1.20. The Morgan fingerprint density at radius 3 is 2.79 bits per heavy atom. The van der Waals surface area contributed by atoms with Gasteiger partial charge >= 0.3 is 6.09 Å². The Morgan fingerprint density at radius 1 is 1.37 bits per heavy atom. The predicted molar refractivity (Wildman–Crippen MR) is 68.3 cm³/mol. The highest BCUT2D eigenvalue weighted by Gasteiger charge is 2.56. The molecule has 3 rings (SSSR count). The molecule has 1 N–H and O–H groups in total. The molecule has 19 heavy (non-hydrogen) atoms. The maximum absolute atomic E-state index is 12.1. The highest BCUT2D eigenvalue weighted by atomic mass is 16.6.